The van der Waals surface area contributed by atoms with E-state index in [1.165, 1.54) is 0 Å². The fourth-order valence-corrected chi connectivity index (χ4v) is 1.19. The van der Waals surface area contributed by atoms with Crippen LogP contribution in [0.25, 0.3) is 0 Å². The largest absolute Gasteiger partial charge is 0.286 e. The number of rotatable bonds is 2. The first-order valence-electron chi connectivity index (χ1n) is 5.17. The second kappa shape index (κ2) is 6.83. The average molecular weight is 266 g/mol. The first kappa shape index (κ1) is 14.3. The lowest BCUT2D eigenvalue weighted by atomic mass is 10.2. The predicted molar refractivity (Wildman–Crippen MR) is 68.8 cm³/mol. The molecule has 96 valence electrons. The first-order chi connectivity index (χ1) is 8.45. The van der Waals surface area contributed by atoms with Crippen LogP contribution in [0.1, 0.15) is 11.4 Å². The summed E-state index contributed by atoms with van der Waals surface area (Å²) in [5.41, 5.74) is 2.11. The van der Waals surface area contributed by atoms with Crippen molar-refractivity contribution in [3.8, 4) is 0 Å². The molecule has 0 amide bonds. The van der Waals surface area contributed by atoms with E-state index in [4.69, 9.17) is 4.55 Å². The third-order valence-corrected chi connectivity index (χ3v) is 1.81. The van der Waals surface area contributed by atoms with Crippen molar-refractivity contribution in [2.24, 2.45) is 0 Å². The lowest BCUT2D eigenvalue weighted by Crippen LogP contribution is -1.92. The number of hydrogen-bond donors (Lipinski definition) is 1. The summed E-state index contributed by atoms with van der Waals surface area (Å²) in [5, 5.41) is 0. The molecule has 2 aromatic rings. The lowest BCUT2D eigenvalue weighted by Gasteiger charge is -1.98. The number of aromatic nitrogens is 2. The summed E-state index contributed by atoms with van der Waals surface area (Å²) in [4.78, 5) is 8.47. The van der Waals surface area contributed by atoms with Crippen LogP contribution in [-0.4, -0.2) is 29.2 Å². The highest BCUT2D eigenvalue weighted by Crippen LogP contribution is 2.02. The molecule has 6 heteroatoms. The topological polar surface area (TPSA) is 80.2 Å². The number of pyridine rings is 2. The van der Waals surface area contributed by atoms with E-state index in [-0.39, 0.29) is 0 Å². The Balaban J connectivity index is 0.000000280. The molecule has 2 heterocycles. The van der Waals surface area contributed by atoms with Gasteiger partial charge in [-0.2, -0.15) is 8.42 Å². The van der Waals surface area contributed by atoms with Gasteiger partial charge < -0.3 is 0 Å². The Morgan fingerprint density at radius 2 is 1.39 bits per heavy atom. The van der Waals surface area contributed by atoms with Crippen molar-refractivity contribution in [1.82, 2.24) is 9.97 Å². The minimum atomic E-state index is -3.67. The second-order valence-corrected chi connectivity index (χ2v) is 5.02. The van der Waals surface area contributed by atoms with Gasteiger partial charge in [0, 0.05) is 30.2 Å². The lowest BCUT2D eigenvalue weighted by molar-refractivity contribution is 0.490. The van der Waals surface area contributed by atoms with Crippen LogP contribution >= 0.6 is 0 Å². The maximum atomic E-state index is 9.19. The van der Waals surface area contributed by atoms with Crippen LogP contribution in [-0.2, 0) is 16.5 Å². The predicted octanol–water partition coefficient (Wildman–Crippen LogP) is 1.57. The highest BCUT2D eigenvalue weighted by atomic mass is 32.2. The summed E-state index contributed by atoms with van der Waals surface area (Å²) in [6, 6.07) is 11.8. The van der Waals surface area contributed by atoms with Gasteiger partial charge in [-0.1, -0.05) is 12.1 Å². The van der Waals surface area contributed by atoms with Crippen molar-refractivity contribution in [1.29, 1.82) is 0 Å². The Bertz CT molecular complexity index is 511. The fraction of sp³-hybridized carbons (Fsp3) is 0.167. The molecule has 0 aliphatic heterocycles. The van der Waals surface area contributed by atoms with E-state index in [0.29, 0.717) is 6.26 Å². The summed E-state index contributed by atoms with van der Waals surface area (Å²) in [6.07, 6.45) is 5.13. The van der Waals surface area contributed by atoms with E-state index >= 15 is 0 Å². The van der Waals surface area contributed by atoms with Crippen LogP contribution in [0.2, 0.25) is 0 Å². The van der Waals surface area contributed by atoms with Gasteiger partial charge in [0.1, 0.15) is 0 Å². The van der Waals surface area contributed by atoms with Crippen molar-refractivity contribution in [3.05, 3.63) is 60.2 Å². The minimum absolute atomic E-state index is 0.715. The van der Waals surface area contributed by atoms with Gasteiger partial charge in [0.15, 0.2) is 0 Å². The van der Waals surface area contributed by atoms with Crippen LogP contribution in [0.3, 0.4) is 0 Å². The zero-order valence-electron chi connectivity index (χ0n) is 9.89. The average Bonchev–Trinajstić information content (AvgIpc) is 2.29. The third kappa shape index (κ3) is 7.48. The smallest absolute Gasteiger partial charge is 0.261 e. The molecule has 0 aliphatic rings. The molecule has 0 saturated carbocycles. The number of hydrogen-bond acceptors (Lipinski definition) is 4. The van der Waals surface area contributed by atoms with E-state index in [2.05, 4.69) is 9.97 Å². The zero-order valence-corrected chi connectivity index (χ0v) is 10.7. The van der Waals surface area contributed by atoms with E-state index in [1.54, 1.807) is 12.4 Å². The van der Waals surface area contributed by atoms with Crippen LogP contribution in [0.15, 0.2) is 48.8 Å². The molecule has 0 radical (unpaired) electrons. The van der Waals surface area contributed by atoms with E-state index < -0.39 is 10.1 Å². The van der Waals surface area contributed by atoms with Crippen LogP contribution in [0.5, 0.6) is 0 Å². The summed E-state index contributed by atoms with van der Waals surface area (Å²) >= 11 is 0. The minimum Gasteiger partial charge on any atom is -0.286 e. The summed E-state index contributed by atoms with van der Waals surface area (Å²) < 4.78 is 25.9. The number of nitrogens with zero attached hydrogens (tertiary/aromatic N) is 2. The molecule has 2 rings (SSSR count). The van der Waals surface area contributed by atoms with Crippen molar-refractivity contribution >= 4 is 10.1 Å². The van der Waals surface area contributed by atoms with Crippen molar-refractivity contribution < 1.29 is 13.0 Å². The van der Waals surface area contributed by atoms with Crippen molar-refractivity contribution in [2.75, 3.05) is 6.26 Å². The van der Waals surface area contributed by atoms with Gasteiger partial charge in [-0.3, -0.25) is 14.5 Å². The van der Waals surface area contributed by atoms with E-state index in [0.717, 1.165) is 17.8 Å². The standard InChI is InChI=1S/C11H10N2.CH4O3S/c1-3-7-12-10(5-1)9-11-6-2-4-8-13-11;1-5(2,3)4/h1-8H,9H2;1H3,(H,2,3,4). The van der Waals surface area contributed by atoms with Crippen LogP contribution in [0.4, 0.5) is 0 Å². The monoisotopic (exact) mass is 266 g/mol. The van der Waals surface area contributed by atoms with Crippen LogP contribution < -0.4 is 0 Å². The summed E-state index contributed by atoms with van der Waals surface area (Å²) in [7, 11) is -3.67. The molecule has 0 saturated heterocycles. The van der Waals surface area contributed by atoms with Gasteiger partial charge in [-0.15, -0.1) is 0 Å². The molecule has 0 fully saturated rings. The Hall–Kier alpha value is -1.79. The maximum Gasteiger partial charge on any atom is 0.261 e. The molecular weight excluding hydrogens is 252 g/mol. The normalized spacial score (nSPS) is 10.3. The summed E-state index contributed by atoms with van der Waals surface area (Å²) in [6.45, 7) is 0. The highest BCUT2D eigenvalue weighted by molar-refractivity contribution is 7.85. The van der Waals surface area contributed by atoms with Gasteiger partial charge in [-0.25, -0.2) is 0 Å². The first-order valence-corrected chi connectivity index (χ1v) is 7.02. The van der Waals surface area contributed by atoms with Gasteiger partial charge in [0.2, 0.25) is 0 Å². The SMILES string of the molecule is CS(=O)(=O)O.c1ccc(Cc2ccccn2)nc1. The second-order valence-electron chi connectivity index (χ2n) is 3.55. The summed E-state index contributed by atoms with van der Waals surface area (Å²) in [5.74, 6) is 0. The fourth-order valence-electron chi connectivity index (χ4n) is 1.19. The molecular formula is C12H14N2O3S. The van der Waals surface area contributed by atoms with Crippen molar-refractivity contribution in [2.45, 2.75) is 6.42 Å². The third-order valence-electron chi connectivity index (χ3n) is 1.81. The Kier molecular flexibility index (Phi) is 5.41. The molecule has 0 unspecified atom stereocenters. The van der Waals surface area contributed by atoms with Gasteiger partial charge in [0.25, 0.3) is 10.1 Å². The van der Waals surface area contributed by atoms with Crippen LogP contribution in [0, 0.1) is 0 Å². The zero-order chi connectivity index (χ0) is 13.4. The van der Waals surface area contributed by atoms with Gasteiger partial charge in [0.05, 0.1) is 6.26 Å². The molecule has 18 heavy (non-hydrogen) atoms. The molecule has 0 aliphatic carbocycles. The molecule has 1 N–H and O–H groups in total. The Labute approximate surface area is 106 Å². The van der Waals surface area contributed by atoms with Gasteiger partial charge in [-0.05, 0) is 24.3 Å². The Morgan fingerprint density at radius 1 is 1.00 bits per heavy atom. The van der Waals surface area contributed by atoms with E-state index in [9.17, 15) is 8.42 Å². The molecule has 5 nitrogen and oxygen atoms in total. The Morgan fingerprint density at radius 3 is 1.67 bits per heavy atom. The molecule has 0 atom stereocenters. The molecule has 0 spiro atoms. The highest BCUT2D eigenvalue weighted by Gasteiger charge is 1.95. The quantitative estimate of drug-likeness (QED) is 0.834. The van der Waals surface area contributed by atoms with Crippen molar-refractivity contribution in [3.63, 3.8) is 0 Å². The maximum absolute atomic E-state index is 9.19. The van der Waals surface area contributed by atoms with E-state index in [1.807, 2.05) is 36.4 Å². The molecule has 2 aromatic heterocycles. The van der Waals surface area contributed by atoms with Gasteiger partial charge >= 0.3 is 0 Å². The molecule has 0 aromatic carbocycles. The molecule has 0 bridgehead atoms.